The lowest BCUT2D eigenvalue weighted by Crippen LogP contribution is -2.48. The summed E-state index contributed by atoms with van der Waals surface area (Å²) in [4.78, 5) is 27.0. The molecule has 19 heavy (non-hydrogen) atoms. The summed E-state index contributed by atoms with van der Waals surface area (Å²) in [5, 5.41) is 0. The zero-order valence-corrected chi connectivity index (χ0v) is 11.6. The third-order valence-corrected chi connectivity index (χ3v) is 3.12. The first-order chi connectivity index (χ1) is 8.90. The number of carbonyl (C=O) groups excluding carboxylic acids is 2. The molecular formula is C14H18N2O3. The molecule has 1 aromatic carbocycles. The van der Waals surface area contributed by atoms with Gasteiger partial charge in [-0.1, -0.05) is 6.07 Å². The summed E-state index contributed by atoms with van der Waals surface area (Å²) in [6.45, 7) is 3.69. The maximum Gasteiger partial charge on any atom is 0.268 e. The topological polar surface area (TPSA) is 49.9 Å². The highest BCUT2D eigenvalue weighted by Crippen LogP contribution is 2.34. The fourth-order valence-electron chi connectivity index (χ4n) is 1.96. The van der Waals surface area contributed by atoms with Crippen molar-refractivity contribution in [3.8, 4) is 5.75 Å². The first-order valence-corrected chi connectivity index (χ1v) is 6.19. The molecule has 0 fully saturated rings. The van der Waals surface area contributed by atoms with Gasteiger partial charge in [0.1, 0.15) is 12.3 Å². The van der Waals surface area contributed by atoms with Gasteiger partial charge in [-0.15, -0.1) is 0 Å². The minimum Gasteiger partial charge on any atom is -0.479 e. The molecule has 0 saturated heterocycles. The molecule has 2 amide bonds. The monoisotopic (exact) mass is 262 g/mol. The number of rotatable bonds is 2. The van der Waals surface area contributed by atoms with Crippen molar-refractivity contribution in [3.63, 3.8) is 0 Å². The summed E-state index contributed by atoms with van der Waals surface area (Å²) < 4.78 is 5.58. The molecule has 1 heterocycles. The van der Waals surface area contributed by atoms with E-state index in [1.165, 1.54) is 9.80 Å². The van der Waals surface area contributed by atoms with Gasteiger partial charge in [0.2, 0.25) is 5.91 Å². The normalized spacial score (nSPS) is 17.8. The molecule has 1 aliphatic heterocycles. The molecule has 1 aromatic rings. The molecule has 5 heteroatoms. The van der Waals surface area contributed by atoms with E-state index in [0.717, 1.165) is 5.56 Å². The lowest BCUT2D eigenvalue weighted by molar-refractivity contribution is -0.131. The van der Waals surface area contributed by atoms with E-state index >= 15 is 0 Å². The van der Waals surface area contributed by atoms with Gasteiger partial charge in [-0.3, -0.25) is 14.5 Å². The van der Waals surface area contributed by atoms with Crippen LogP contribution in [0.15, 0.2) is 18.2 Å². The van der Waals surface area contributed by atoms with Crippen molar-refractivity contribution in [1.82, 2.24) is 4.90 Å². The molecular weight excluding hydrogens is 244 g/mol. The molecule has 0 bridgehead atoms. The van der Waals surface area contributed by atoms with Crippen LogP contribution in [0.1, 0.15) is 12.5 Å². The highest BCUT2D eigenvalue weighted by atomic mass is 16.5. The molecule has 0 spiro atoms. The first kappa shape index (κ1) is 13.4. The molecule has 0 aromatic heterocycles. The van der Waals surface area contributed by atoms with E-state index in [-0.39, 0.29) is 18.4 Å². The van der Waals surface area contributed by atoms with Crippen LogP contribution in [0.5, 0.6) is 5.75 Å². The minimum atomic E-state index is -0.565. The molecule has 0 unspecified atom stereocenters. The van der Waals surface area contributed by atoms with Crippen LogP contribution in [0.25, 0.3) is 0 Å². The van der Waals surface area contributed by atoms with Crippen molar-refractivity contribution in [3.05, 3.63) is 23.8 Å². The van der Waals surface area contributed by atoms with Gasteiger partial charge in [-0.05, 0) is 31.5 Å². The van der Waals surface area contributed by atoms with E-state index in [4.69, 9.17) is 4.74 Å². The van der Waals surface area contributed by atoms with Crippen molar-refractivity contribution >= 4 is 17.5 Å². The molecule has 102 valence electrons. The third kappa shape index (κ3) is 2.54. The van der Waals surface area contributed by atoms with Gasteiger partial charge in [0.25, 0.3) is 5.91 Å². The number of ether oxygens (including phenoxy) is 1. The smallest absolute Gasteiger partial charge is 0.268 e. The second kappa shape index (κ2) is 4.91. The van der Waals surface area contributed by atoms with Gasteiger partial charge in [0.15, 0.2) is 6.10 Å². The number of hydrogen-bond acceptors (Lipinski definition) is 3. The summed E-state index contributed by atoms with van der Waals surface area (Å²) in [7, 11) is 3.35. The second-order valence-electron chi connectivity index (χ2n) is 4.94. The Morgan fingerprint density at radius 1 is 1.42 bits per heavy atom. The molecule has 1 aliphatic rings. The fraction of sp³-hybridized carbons (Fsp3) is 0.429. The highest BCUT2D eigenvalue weighted by Gasteiger charge is 2.32. The van der Waals surface area contributed by atoms with Crippen LogP contribution in [-0.2, 0) is 9.59 Å². The van der Waals surface area contributed by atoms with Crippen molar-refractivity contribution in [1.29, 1.82) is 0 Å². The van der Waals surface area contributed by atoms with Crippen LogP contribution >= 0.6 is 0 Å². The maximum atomic E-state index is 12.2. The second-order valence-corrected chi connectivity index (χ2v) is 4.94. The Kier molecular flexibility index (Phi) is 3.46. The Hall–Kier alpha value is -2.04. The number of anilines is 1. The van der Waals surface area contributed by atoms with E-state index in [1.807, 2.05) is 25.1 Å². The quantitative estimate of drug-likeness (QED) is 0.804. The fourth-order valence-corrected chi connectivity index (χ4v) is 1.96. The van der Waals surface area contributed by atoms with E-state index in [9.17, 15) is 9.59 Å². The van der Waals surface area contributed by atoms with Crippen LogP contribution < -0.4 is 9.64 Å². The summed E-state index contributed by atoms with van der Waals surface area (Å²) in [5.74, 6) is 0.346. The number of likely N-dealkylation sites (N-methyl/N-ethyl adjacent to an activating group) is 1. The average molecular weight is 262 g/mol. The van der Waals surface area contributed by atoms with E-state index in [1.54, 1.807) is 21.0 Å². The number of fused-ring (bicyclic) bond motifs is 1. The summed E-state index contributed by atoms with van der Waals surface area (Å²) in [6.07, 6.45) is -0.565. The Morgan fingerprint density at radius 3 is 2.74 bits per heavy atom. The SMILES string of the molecule is Cc1ccc2c(c1)O[C@H](C)C(=O)N2CC(=O)N(C)C. The van der Waals surface area contributed by atoms with Crippen molar-refractivity contribution in [2.75, 3.05) is 25.5 Å². The zero-order valence-electron chi connectivity index (χ0n) is 11.6. The van der Waals surface area contributed by atoms with Crippen molar-refractivity contribution < 1.29 is 14.3 Å². The molecule has 0 saturated carbocycles. The van der Waals surface area contributed by atoms with Crippen LogP contribution in [0.4, 0.5) is 5.69 Å². The van der Waals surface area contributed by atoms with Gasteiger partial charge >= 0.3 is 0 Å². The number of nitrogens with zero attached hydrogens (tertiary/aromatic N) is 2. The standard InChI is InChI=1S/C14H18N2O3/c1-9-5-6-11-12(7-9)19-10(2)14(18)16(11)8-13(17)15(3)4/h5-7,10H,8H2,1-4H3/t10-/m1/s1. The van der Waals surface area contributed by atoms with Crippen LogP contribution in [0.2, 0.25) is 0 Å². The first-order valence-electron chi connectivity index (χ1n) is 6.19. The number of carbonyl (C=O) groups is 2. The largest absolute Gasteiger partial charge is 0.479 e. The van der Waals surface area contributed by atoms with Crippen LogP contribution in [0, 0.1) is 6.92 Å². The Bertz CT molecular complexity index is 525. The maximum absolute atomic E-state index is 12.2. The number of benzene rings is 1. The van der Waals surface area contributed by atoms with Crippen molar-refractivity contribution in [2.24, 2.45) is 0 Å². The van der Waals surface area contributed by atoms with E-state index in [0.29, 0.717) is 11.4 Å². The summed E-state index contributed by atoms with van der Waals surface area (Å²) >= 11 is 0. The van der Waals surface area contributed by atoms with Crippen LogP contribution in [-0.4, -0.2) is 43.5 Å². The summed E-state index contributed by atoms with van der Waals surface area (Å²) in [6, 6.07) is 5.60. The lowest BCUT2D eigenvalue weighted by atomic mass is 10.1. The molecule has 0 radical (unpaired) electrons. The molecule has 5 nitrogen and oxygen atoms in total. The zero-order chi connectivity index (χ0) is 14.2. The van der Waals surface area contributed by atoms with Gasteiger partial charge < -0.3 is 9.64 Å². The van der Waals surface area contributed by atoms with Crippen LogP contribution in [0.3, 0.4) is 0 Å². The molecule has 0 N–H and O–H groups in total. The van der Waals surface area contributed by atoms with Gasteiger partial charge in [-0.25, -0.2) is 0 Å². The molecule has 2 rings (SSSR count). The van der Waals surface area contributed by atoms with E-state index < -0.39 is 6.10 Å². The minimum absolute atomic E-state index is 0.0373. The lowest BCUT2D eigenvalue weighted by Gasteiger charge is -2.33. The average Bonchev–Trinajstić information content (AvgIpc) is 2.34. The predicted molar refractivity (Wildman–Crippen MR) is 72.3 cm³/mol. The Labute approximate surface area is 112 Å². The Balaban J connectivity index is 2.37. The highest BCUT2D eigenvalue weighted by molar-refractivity contribution is 6.03. The van der Waals surface area contributed by atoms with E-state index in [2.05, 4.69) is 0 Å². The van der Waals surface area contributed by atoms with Gasteiger partial charge in [-0.2, -0.15) is 0 Å². The predicted octanol–water partition coefficient (Wildman–Crippen LogP) is 1.20. The number of hydrogen-bond donors (Lipinski definition) is 0. The van der Waals surface area contributed by atoms with Crippen molar-refractivity contribution in [2.45, 2.75) is 20.0 Å². The molecule has 0 aliphatic carbocycles. The van der Waals surface area contributed by atoms with Gasteiger partial charge in [0, 0.05) is 14.1 Å². The third-order valence-electron chi connectivity index (χ3n) is 3.12. The number of aryl methyl sites for hydroxylation is 1. The van der Waals surface area contributed by atoms with Gasteiger partial charge in [0.05, 0.1) is 5.69 Å². The Morgan fingerprint density at radius 2 is 2.11 bits per heavy atom. The summed E-state index contributed by atoms with van der Waals surface area (Å²) in [5.41, 5.74) is 1.71. The number of amides is 2. The molecule has 1 atom stereocenters.